The van der Waals surface area contributed by atoms with Crippen molar-refractivity contribution >= 4 is 11.6 Å². The predicted molar refractivity (Wildman–Crippen MR) is 77.5 cm³/mol. The van der Waals surface area contributed by atoms with Crippen molar-refractivity contribution in [2.75, 3.05) is 0 Å². The molecule has 0 aliphatic heterocycles. The number of hydrogen-bond donors (Lipinski definition) is 1. The zero-order chi connectivity index (χ0) is 13.2. The van der Waals surface area contributed by atoms with E-state index in [2.05, 4.69) is 12.1 Å². The van der Waals surface area contributed by atoms with Crippen LogP contribution in [0, 0.1) is 0 Å². The van der Waals surface area contributed by atoms with E-state index in [1.807, 2.05) is 30.3 Å². The van der Waals surface area contributed by atoms with Crippen molar-refractivity contribution in [2.24, 2.45) is 5.73 Å². The van der Waals surface area contributed by atoms with Gasteiger partial charge in [0.15, 0.2) is 0 Å². The van der Waals surface area contributed by atoms with Crippen LogP contribution in [0.25, 0.3) is 0 Å². The molecule has 2 nitrogen and oxygen atoms in total. The Morgan fingerprint density at radius 3 is 2.74 bits per heavy atom. The van der Waals surface area contributed by atoms with Crippen molar-refractivity contribution < 1.29 is 4.74 Å². The first kappa shape index (κ1) is 12.5. The highest BCUT2D eigenvalue weighted by atomic mass is 35.5. The van der Waals surface area contributed by atoms with E-state index >= 15 is 0 Å². The Hall–Kier alpha value is -1.51. The summed E-state index contributed by atoms with van der Waals surface area (Å²) >= 11 is 5.85. The largest absolute Gasteiger partial charge is 0.489 e. The van der Waals surface area contributed by atoms with E-state index in [0.717, 1.165) is 29.2 Å². The molecule has 0 spiro atoms. The summed E-state index contributed by atoms with van der Waals surface area (Å²) in [4.78, 5) is 0. The average molecular weight is 274 g/mol. The molecule has 0 aromatic heterocycles. The molecule has 3 heteroatoms. The van der Waals surface area contributed by atoms with Crippen LogP contribution in [-0.2, 0) is 13.0 Å². The summed E-state index contributed by atoms with van der Waals surface area (Å²) in [5.74, 6) is 0.905. The maximum Gasteiger partial charge on any atom is 0.120 e. The molecule has 1 aliphatic rings. The van der Waals surface area contributed by atoms with Gasteiger partial charge < -0.3 is 10.5 Å². The van der Waals surface area contributed by atoms with Gasteiger partial charge in [-0.3, -0.25) is 0 Å². The van der Waals surface area contributed by atoms with Gasteiger partial charge in [-0.2, -0.15) is 0 Å². The van der Waals surface area contributed by atoms with E-state index in [0.29, 0.717) is 6.61 Å². The van der Waals surface area contributed by atoms with Crippen molar-refractivity contribution in [3.63, 3.8) is 0 Å². The van der Waals surface area contributed by atoms with Crippen LogP contribution in [-0.4, -0.2) is 0 Å². The first-order chi connectivity index (χ1) is 9.22. The lowest BCUT2D eigenvalue weighted by molar-refractivity contribution is 0.306. The lowest BCUT2D eigenvalue weighted by atomic mass is 10.1. The van der Waals surface area contributed by atoms with E-state index in [1.54, 1.807) is 0 Å². The fraction of sp³-hybridized carbons (Fsp3) is 0.250. The number of halogens is 1. The molecule has 0 saturated heterocycles. The lowest BCUT2D eigenvalue weighted by Crippen LogP contribution is -2.05. The minimum Gasteiger partial charge on any atom is -0.489 e. The van der Waals surface area contributed by atoms with Crippen LogP contribution in [0.15, 0.2) is 42.5 Å². The first-order valence-corrected chi connectivity index (χ1v) is 6.86. The van der Waals surface area contributed by atoms with Gasteiger partial charge >= 0.3 is 0 Å². The van der Waals surface area contributed by atoms with Crippen LogP contribution in [0.5, 0.6) is 5.75 Å². The van der Waals surface area contributed by atoms with Crippen LogP contribution in [0.2, 0.25) is 5.02 Å². The molecule has 19 heavy (non-hydrogen) atoms. The predicted octanol–water partition coefficient (Wildman–Crippen LogP) is 3.87. The van der Waals surface area contributed by atoms with E-state index in [4.69, 9.17) is 22.1 Å². The molecule has 0 amide bonds. The molecule has 1 atom stereocenters. The molecule has 0 radical (unpaired) electrons. The highest BCUT2D eigenvalue weighted by Crippen LogP contribution is 2.32. The van der Waals surface area contributed by atoms with Gasteiger partial charge in [0.05, 0.1) is 0 Å². The van der Waals surface area contributed by atoms with Gasteiger partial charge in [0, 0.05) is 11.1 Å². The Morgan fingerprint density at radius 1 is 1.16 bits per heavy atom. The van der Waals surface area contributed by atoms with Crippen LogP contribution < -0.4 is 10.5 Å². The van der Waals surface area contributed by atoms with Crippen LogP contribution in [0.3, 0.4) is 0 Å². The van der Waals surface area contributed by atoms with E-state index < -0.39 is 0 Å². The fourth-order valence-corrected chi connectivity index (χ4v) is 2.59. The Kier molecular flexibility index (Phi) is 3.45. The minimum absolute atomic E-state index is 0.195. The first-order valence-electron chi connectivity index (χ1n) is 6.48. The molecule has 1 unspecified atom stereocenters. The summed E-state index contributed by atoms with van der Waals surface area (Å²) in [6.07, 6.45) is 2.09. The number of nitrogens with two attached hydrogens (primary N) is 1. The second-order valence-electron chi connectivity index (χ2n) is 4.92. The molecule has 0 saturated carbocycles. The molecule has 0 heterocycles. The quantitative estimate of drug-likeness (QED) is 0.921. The van der Waals surface area contributed by atoms with E-state index in [9.17, 15) is 0 Å². The van der Waals surface area contributed by atoms with Gasteiger partial charge in [0.2, 0.25) is 0 Å². The van der Waals surface area contributed by atoms with Crippen LogP contribution in [0.4, 0.5) is 0 Å². The lowest BCUT2D eigenvalue weighted by Gasteiger charge is -2.09. The Bertz CT molecular complexity index is 580. The fourth-order valence-electron chi connectivity index (χ4n) is 2.46. The normalized spacial score (nSPS) is 17.3. The summed E-state index contributed by atoms with van der Waals surface area (Å²) in [6.45, 7) is 0.558. The molecule has 2 aromatic rings. The molecule has 0 fully saturated rings. The molecular weight excluding hydrogens is 258 g/mol. The van der Waals surface area contributed by atoms with Gasteiger partial charge in [-0.1, -0.05) is 29.8 Å². The second kappa shape index (κ2) is 5.24. The summed E-state index contributed by atoms with van der Waals surface area (Å²) in [5.41, 5.74) is 9.72. The number of aryl methyl sites for hydroxylation is 1. The van der Waals surface area contributed by atoms with Gasteiger partial charge in [0.25, 0.3) is 0 Å². The highest BCUT2D eigenvalue weighted by molar-refractivity contribution is 6.30. The highest BCUT2D eigenvalue weighted by Gasteiger charge is 2.18. The molecule has 0 bridgehead atoms. The standard InChI is InChI=1S/C16H16ClNO/c17-13-4-1-11(2-5-13)10-19-14-6-7-15-12(9-14)3-8-16(15)18/h1-2,4-7,9,16H,3,8,10,18H2. The maximum absolute atomic E-state index is 6.02. The van der Waals surface area contributed by atoms with Gasteiger partial charge in [-0.25, -0.2) is 0 Å². The van der Waals surface area contributed by atoms with Crippen molar-refractivity contribution in [2.45, 2.75) is 25.5 Å². The smallest absolute Gasteiger partial charge is 0.120 e. The molecule has 1 aliphatic carbocycles. The Labute approximate surface area is 118 Å². The number of rotatable bonds is 3. The summed E-state index contributed by atoms with van der Waals surface area (Å²) < 4.78 is 5.81. The zero-order valence-electron chi connectivity index (χ0n) is 10.6. The molecule has 2 N–H and O–H groups in total. The van der Waals surface area contributed by atoms with Crippen molar-refractivity contribution in [1.82, 2.24) is 0 Å². The van der Waals surface area contributed by atoms with Crippen molar-refractivity contribution in [3.8, 4) is 5.75 Å². The SMILES string of the molecule is NC1CCc2cc(OCc3ccc(Cl)cc3)ccc21. The molecule has 3 rings (SSSR count). The molecule has 98 valence electrons. The molecule has 2 aromatic carbocycles. The number of ether oxygens (including phenoxy) is 1. The minimum atomic E-state index is 0.195. The Balaban J connectivity index is 1.69. The van der Waals surface area contributed by atoms with Gasteiger partial charge in [-0.15, -0.1) is 0 Å². The number of benzene rings is 2. The van der Waals surface area contributed by atoms with Crippen molar-refractivity contribution in [1.29, 1.82) is 0 Å². The van der Waals surface area contributed by atoms with Gasteiger partial charge in [0.1, 0.15) is 12.4 Å². The average Bonchev–Trinajstić information content (AvgIpc) is 2.79. The van der Waals surface area contributed by atoms with Crippen LogP contribution in [0.1, 0.15) is 29.2 Å². The van der Waals surface area contributed by atoms with E-state index in [1.165, 1.54) is 11.1 Å². The third-order valence-corrected chi connectivity index (χ3v) is 3.81. The van der Waals surface area contributed by atoms with Crippen molar-refractivity contribution in [3.05, 3.63) is 64.2 Å². The summed E-state index contributed by atoms with van der Waals surface area (Å²) in [5, 5.41) is 0.746. The van der Waals surface area contributed by atoms with E-state index in [-0.39, 0.29) is 6.04 Å². The Morgan fingerprint density at radius 2 is 1.95 bits per heavy atom. The summed E-state index contributed by atoms with van der Waals surface area (Å²) in [7, 11) is 0. The number of fused-ring (bicyclic) bond motifs is 1. The second-order valence-corrected chi connectivity index (χ2v) is 5.36. The van der Waals surface area contributed by atoms with Gasteiger partial charge in [-0.05, 0) is 53.8 Å². The molecular formula is C16H16ClNO. The number of hydrogen-bond acceptors (Lipinski definition) is 2. The third kappa shape index (κ3) is 2.75. The maximum atomic E-state index is 6.02. The topological polar surface area (TPSA) is 35.2 Å². The van der Waals surface area contributed by atoms with Crippen LogP contribution >= 0.6 is 11.6 Å². The summed E-state index contributed by atoms with van der Waals surface area (Å²) in [6, 6.07) is 14.1. The monoisotopic (exact) mass is 273 g/mol. The third-order valence-electron chi connectivity index (χ3n) is 3.56. The zero-order valence-corrected chi connectivity index (χ0v) is 11.4.